The van der Waals surface area contributed by atoms with Crippen molar-refractivity contribution in [2.75, 3.05) is 36.5 Å². The van der Waals surface area contributed by atoms with Crippen LogP contribution in [0.25, 0.3) is 11.1 Å². The lowest BCUT2D eigenvalue weighted by Gasteiger charge is -2.24. The molecule has 0 saturated carbocycles. The Kier molecular flexibility index (Phi) is 5.23. The quantitative estimate of drug-likeness (QED) is 0.885. The van der Waals surface area contributed by atoms with Gasteiger partial charge in [0.1, 0.15) is 5.52 Å². The fourth-order valence-corrected chi connectivity index (χ4v) is 2.14. The van der Waals surface area contributed by atoms with Crippen LogP contribution in [0.5, 0.6) is 0 Å². The molecule has 0 radical (unpaired) electrons. The molecule has 1 saturated heterocycles. The third-order valence-electron chi connectivity index (χ3n) is 3.34. The number of nitrogens with two attached hydrogens (primary N) is 1. The Hall–Kier alpha value is -1.83. The van der Waals surface area contributed by atoms with Crippen molar-refractivity contribution in [2.24, 2.45) is 5.73 Å². The molecule has 7 nitrogen and oxygen atoms in total. The molecule has 22 heavy (non-hydrogen) atoms. The van der Waals surface area contributed by atoms with Crippen LogP contribution in [0.1, 0.15) is 6.92 Å². The fraction of sp³-hybridized carbons (Fsp3) is 0.429. The predicted octanol–water partition coefficient (Wildman–Crippen LogP) is 1.37. The largest absolute Gasteiger partial charge is 0.423 e. The van der Waals surface area contributed by atoms with Gasteiger partial charge in [0, 0.05) is 24.8 Å². The molecule has 1 aliphatic rings. The molecular weight excluding hydrogens is 308 g/mol. The van der Waals surface area contributed by atoms with E-state index in [1.807, 2.05) is 11.0 Å². The van der Waals surface area contributed by atoms with Gasteiger partial charge in [-0.3, -0.25) is 4.79 Å². The number of anilines is 2. The van der Waals surface area contributed by atoms with Gasteiger partial charge in [0.25, 0.3) is 6.01 Å². The van der Waals surface area contributed by atoms with Gasteiger partial charge in [0.2, 0.25) is 5.91 Å². The number of fused-ring (bicyclic) bond motifs is 1. The molecule has 120 valence electrons. The molecule has 1 unspecified atom stereocenters. The highest BCUT2D eigenvalue weighted by Gasteiger charge is 2.17. The number of rotatable bonds is 3. The number of nitrogens with one attached hydrogen (secondary N) is 1. The Labute approximate surface area is 134 Å². The zero-order valence-electron chi connectivity index (χ0n) is 12.2. The standard InChI is InChI=1S/C14H18N4O3.ClH/c1-9(15)13(19)16-10-2-3-11-12(8-10)21-14(17-11)18-4-6-20-7-5-18;/h2-3,8-9H,4-7,15H2,1H3,(H,16,19);1H. The van der Waals surface area contributed by atoms with E-state index < -0.39 is 6.04 Å². The first-order valence-electron chi connectivity index (χ1n) is 6.93. The first kappa shape index (κ1) is 16.5. The monoisotopic (exact) mass is 326 g/mol. The molecule has 0 aliphatic carbocycles. The molecule has 8 heteroatoms. The summed E-state index contributed by atoms with van der Waals surface area (Å²) in [6.07, 6.45) is 0. The third kappa shape index (κ3) is 3.49. The number of amides is 1. The second-order valence-corrected chi connectivity index (χ2v) is 5.06. The van der Waals surface area contributed by atoms with Crippen molar-refractivity contribution in [2.45, 2.75) is 13.0 Å². The third-order valence-corrected chi connectivity index (χ3v) is 3.34. The van der Waals surface area contributed by atoms with E-state index in [-0.39, 0.29) is 18.3 Å². The minimum atomic E-state index is -0.556. The van der Waals surface area contributed by atoms with Gasteiger partial charge in [-0.15, -0.1) is 12.4 Å². The lowest BCUT2D eigenvalue weighted by Crippen LogP contribution is -2.36. The normalized spacial score (nSPS) is 16.2. The summed E-state index contributed by atoms with van der Waals surface area (Å²) in [5, 5.41) is 2.74. The Morgan fingerprint density at radius 2 is 2.14 bits per heavy atom. The molecule has 1 amide bonds. The van der Waals surface area contributed by atoms with Crippen molar-refractivity contribution in [3.8, 4) is 0 Å². The average molecular weight is 327 g/mol. The SMILES string of the molecule is CC(N)C(=O)Nc1ccc2nc(N3CCOCC3)oc2c1.Cl. The number of oxazole rings is 1. The van der Waals surface area contributed by atoms with E-state index in [2.05, 4.69) is 10.3 Å². The van der Waals surface area contributed by atoms with E-state index in [4.69, 9.17) is 14.9 Å². The second kappa shape index (κ2) is 6.95. The molecule has 0 bridgehead atoms. The summed E-state index contributed by atoms with van der Waals surface area (Å²) in [6.45, 7) is 4.52. The highest BCUT2D eigenvalue weighted by atomic mass is 35.5. The zero-order valence-corrected chi connectivity index (χ0v) is 13.1. The number of ether oxygens (including phenoxy) is 1. The minimum Gasteiger partial charge on any atom is -0.423 e. The first-order chi connectivity index (χ1) is 10.1. The molecule has 3 N–H and O–H groups in total. The molecule has 2 heterocycles. The van der Waals surface area contributed by atoms with Crippen molar-refractivity contribution in [3.63, 3.8) is 0 Å². The van der Waals surface area contributed by atoms with Crippen LogP contribution in [0.4, 0.5) is 11.7 Å². The number of hydrogen-bond donors (Lipinski definition) is 2. The highest BCUT2D eigenvalue weighted by Crippen LogP contribution is 2.25. The summed E-state index contributed by atoms with van der Waals surface area (Å²) in [4.78, 5) is 18.1. The van der Waals surface area contributed by atoms with Gasteiger partial charge in [-0.25, -0.2) is 0 Å². The maximum Gasteiger partial charge on any atom is 0.298 e. The van der Waals surface area contributed by atoms with E-state index >= 15 is 0 Å². The summed E-state index contributed by atoms with van der Waals surface area (Å²) in [7, 11) is 0. The number of halogens is 1. The van der Waals surface area contributed by atoms with Gasteiger partial charge in [-0.1, -0.05) is 0 Å². The van der Waals surface area contributed by atoms with Gasteiger partial charge < -0.3 is 25.1 Å². The molecule has 1 aromatic carbocycles. The number of hydrogen-bond acceptors (Lipinski definition) is 6. The van der Waals surface area contributed by atoms with Gasteiger partial charge >= 0.3 is 0 Å². The maximum atomic E-state index is 11.6. The van der Waals surface area contributed by atoms with Crippen LogP contribution in [-0.4, -0.2) is 43.2 Å². The Bertz CT molecular complexity index is 653. The van der Waals surface area contributed by atoms with Crippen molar-refractivity contribution in [1.82, 2.24) is 4.98 Å². The summed E-state index contributed by atoms with van der Waals surface area (Å²) >= 11 is 0. The summed E-state index contributed by atoms with van der Waals surface area (Å²) in [5.74, 6) is -0.234. The van der Waals surface area contributed by atoms with Crippen molar-refractivity contribution in [1.29, 1.82) is 0 Å². The van der Waals surface area contributed by atoms with E-state index in [0.717, 1.165) is 18.6 Å². The van der Waals surface area contributed by atoms with Crippen LogP contribution in [0.3, 0.4) is 0 Å². The fourth-order valence-electron chi connectivity index (χ4n) is 2.14. The number of nitrogens with zero attached hydrogens (tertiary/aromatic N) is 2. The van der Waals surface area contributed by atoms with Crippen molar-refractivity contribution >= 4 is 41.1 Å². The van der Waals surface area contributed by atoms with E-state index in [1.165, 1.54) is 0 Å². The second-order valence-electron chi connectivity index (χ2n) is 5.06. The summed E-state index contributed by atoms with van der Waals surface area (Å²) in [6, 6.07) is 5.39. The molecule has 1 aliphatic heterocycles. The number of morpholine rings is 1. The minimum absolute atomic E-state index is 0. The topological polar surface area (TPSA) is 93.6 Å². The molecule has 1 atom stereocenters. The van der Waals surface area contributed by atoms with Crippen molar-refractivity contribution in [3.05, 3.63) is 18.2 Å². The van der Waals surface area contributed by atoms with E-state index in [1.54, 1.807) is 19.1 Å². The van der Waals surface area contributed by atoms with Crippen LogP contribution in [0.2, 0.25) is 0 Å². The molecule has 1 aromatic heterocycles. The summed E-state index contributed by atoms with van der Waals surface area (Å²) in [5.41, 5.74) is 7.58. The van der Waals surface area contributed by atoms with Crippen molar-refractivity contribution < 1.29 is 13.9 Å². The molecule has 1 fully saturated rings. The van der Waals surface area contributed by atoms with Crippen LogP contribution < -0.4 is 16.0 Å². The smallest absolute Gasteiger partial charge is 0.298 e. The molecular formula is C14H19ClN4O3. The lowest BCUT2D eigenvalue weighted by molar-refractivity contribution is -0.117. The first-order valence-corrected chi connectivity index (χ1v) is 6.93. The maximum absolute atomic E-state index is 11.6. The Morgan fingerprint density at radius 1 is 1.41 bits per heavy atom. The summed E-state index contributed by atoms with van der Waals surface area (Å²) < 4.78 is 11.1. The Morgan fingerprint density at radius 3 is 2.82 bits per heavy atom. The molecule has 2 aromatic rings. The van der Waals surface area contributed by atoms with E-state index in [0.29, 0.717) is 30.5 Å². The zero-order chi connectivity index (χ0) is 14.8. The van der Waals surface area contributed by atoms with Crippen LogP contribution in [0, 0.1) is 0 Å². The van der Waals surface area contributed by atoms with Gasteiger partial charge in [0.15, 0.2) is 5.58 Å². The van der Waals surface area contributed by atoms with Crippen LogP contribution in [0.15, 0.2) is 22.6 Å². The van der Waals surface area contributed by atoms with Crippen LogP contribution in [-0.2, 0) is 9.53 Å². The number of benzene rings is 1. The number of carbonyl (C=O) groups excluding carboxylic acids is 1. The highest BCUT2D eigenvalue weighted by molar-refractivity contribution is 5.95. The van der Waals surface area contributed by atoms with E-state index in [9.17, 15) is 4.79 Å². The lowest BCUT2D eigenvalue weighted by atomic mass is 10.2. The van der Waals surface area contributed by atoms with Gasteiger partial charge in [-0.2, -0.15) is 4.98 Å². The molecule has 0 spiro atoms. The number of carbonyl (C=O) groups is 1. The Balaban J connectivity index is 0.00000176. The number of aromatic nitrogens is 1. The predicted molar refractivity (Wildman–Crippen MR) is 86.6 cm³/mol. The molecule has 3 rings (SSSR count). The van der Waals surface area contributed by atoms with Crippen LogP contribution >= 0.6 is 12.4 Å². The average Bonchev–Trinajstić information content (AvgIpc) is 2.91. The van der Waals surface area contributed by atoms with Gasteiger partial charge in [0.05, 0.1) is 19.3 Å². The van der Waals surface area contributed by atoms with Gasteiger partial charge in [-0.05, 0) is 19.1 Å².